The molecule has 2 N–H and O–H groups in total. The zero-order valence-electron chi connectivity index (χ0n) is 30.1. The largest absolute Gasteiger partial charge is 0.481 e. The second-order valence-electron chi connectivity index (χ2n) is 14.0. The summed E-state index contributed by atoms with van der Waals surface area (Å²) in [4.78, 5) is 71.4. The Labute approximate surface area is 302 Å². The van der Waals surface area contributed by atoms with Gasteiger partial charge >= 0.3 is 18.0 Å². The first kappa shape index (κ1) is 37.0. The number of aliphatic hydroxyl groups is 1. The summed E-state index contributed by atoms with van der Waals surface area (Å²) in [7, 11) is 0. The van der Waals surface area contributed by atoms with Crippen LogP contribution in [0.2, 0.25) is 0 Å². The zero-order valence-corrected chi connectivity index (χ0v) is 30.1. The number of hydrogen-bond acceptors (Lipinski definition) is 9. The molecule has 3 aliphatic rings. The molecule has 2 amide bonds. The lowest BCUT2D eigenvalue weighted by molar-refractivity contribution is -0.172. The van der Waals surface area contributed by atoms with Gasteiger partial charge in [-0.2, -0.15) is 0 Å². The highest BCUT2D eigenvalue weighted by molar-refractivity contribution is 5.93. The van der Waals surface area contributed by atoms with E-state index in [-0.39, 0.29) is 48.6 Å². The Morgan fingerprint density at radius 2 is 1.56 bits per heavy atom. The van der Waals surface area contributed by atoms with E-state index in [4.69, 9.17) is 19.6 Å². The smallest absolute Gasteiger partial charge is 0.415 e. The summed E-state index contributed by atoms with van der Waals surface area (Å²) in [6, 6.07) is 7.23. The molecule has 1 saturated heterocycles. The summed E-state index contributed by atoms with van der Waals surface area (Å²) in [5, 5.41) is 20.6. The van der Waals surface area contributed by atoms with Crippen LogP contribution in [0.1, 0.15) is 107 Å². The second kappa shape index (κ2) is 15.9. The van der Waals surface area contributed by atoms with Gasteiger partial charge in [-0.25, -0.2) is 14.6 Å². The maximum Gasteiger partial charge on any atom is 0.415 e. The summed E-state index contributed by atoms with van der Waals surface area (Å²) in [5.41, 5.74) is 1.68. The van der Waals surface area contributed by atoms with E-state index in [1.54, 1.807) is 28.5 Å². The zero-order chi connectivity index (χ0) is 37.0. The van der Waals surface area contributed by atoms with Crippen molar-refractivity contribution in [1.29, 1.82) is 0 Å². The predicted molar refractivity (Wildman–Crippen MR) is 192 cm³/mol. The molecular weight excluding hydrogens is 668 g/mol. The van der Waals surface area contributed by atoms with Gasteiger partial charge in [-0.3, -0.25) is 14.4 Å². The number of benzene rings is 1. The van der Waals surface area contributed by atoms with E-state index in [1.165, 1.54) is 0 Å². The Kier molecular flexibility index (Phi) is 11.3. The number of esters is 1. The van der Waals surface area contributed by atoms with E-state index in [0.717, 1.165) is 62.5 Å². The van der Waals surface area contributed by atoms with Crippen LogP contribution < -0.4 is 10.3 Å². The van der Waals surface area contributed by atoms with Crippen LogP contribution in [-0.4, -0.2) is 79.7 Å². The van der Waals surface area contributed by atoms with Gasteiger partial charge in [-0.15, -0.1) is 0 Å². The Morgan fingerprint density at radius 3 is 2.21 bits per heavy atom. The van der Waals surface area contributed by atoms with Crippen molar-refractivity contribution < 1.29 is 38.9 Å². The van der Waals surface area contributed by atoms with Gasteiger partial charge in [0, 0.05) is 55.5 Å². The van der Waals surface area contributed by atoms with Crippen LogP contribution in [0.3, 0.4) is 0 Å². The van der Waals surface area contributed by atoms with Crippen molar-refractivity contribution in [2.24, 2.45) is 0 Å². The van der Waals surface area contributed by atoms with Crippen LogP contribution in [0, 0.1) is 0 Å². The minimum absolute atomic E-state index is 0.0571. The van der Waals surface area contributed by atoms with Crippen LogP contribution in [0.4, 0.5) is 4.79 Å². The highest BCUT2D eigenvalue weighted by atomic mass is 16.6. The maximum atomic E-state index is 13.6. The Morgan fingerprint density at radius 1 is 0.904 bits per heavy atom. The molecule has 3 aromatic rings. The molecule has 5 heterocycles. The minimum Gasteiger partial charge on any atom is -0.481 e. The van der Waals surface area contributed by atoms with Gasteiger partial charge in [-0.05, 0) is 49.4 Å². The molecule has 3 aliphatic heterocycles. The van der Waals surface area contributed by atoms with E-state index in [9.17, 15) is 29.1 Å². The Bertz CT molecular complexity index is 1930. The number of carboxylic acids is 1. The number of rotatable bonds is 14. The SMILES string of the molecule is CCc1ccc(OC(=O)N2CCN(C(=O)CCCCCCCCCCC(=O)O)CC2)c2cc3c(nc12)-c1cc2c(c(=O)n1C3)COC(=O)[C@]2(O)CC. The fraction of sp³-hybridized carbons (Fsp3) is 0.538. The first-order chi connectivity index (χ1) is 25.0. The molecule has 13 nitrogen and oxygen atoms in total. The number of fused-ring (bicyclic) bond motifs is 5. The average molecular weight is 717 g/mol. The summed E-state index contributed by atoms with van der Waals surface area (Å²) in [6.07, 6.45) is 8.72. The molecule has 0 radical (unpaired) electrons. The molecule has 1 fully saturated rings. The fourth-order valence-corrected chi connectivity index (χ4v) is 7.54. The number of pyridine rings is 2. The van der Waals surface area contributed by atoms with Crippen molar-refractivity contribution in [3.05, 3.63) is 56.9 Å². The monoisotopic (exact) mass is 716 g/mol. The van der Waals surface area contributed by atoms with Crippen molar-refractivity contribution in [1.82, 2.24) is 19.4 Å². The number of carbonyl (C=O) groups is 4. The van der Waals surface area contributed by atoms with Crippen molar-refractivity contribution in [3.8, 4) is 17.1 Å². The number of nitrogens with zero attached hydrogens (tertiary/aromatic N) is 4. The summed E-state index contributed by atoms with van der Waals surface area (Å²) < 4.78 is 12.7. The number of piperazine rings is 1. The van der Waals surface area contributed by atoms with E-state index < -0.39 is 23.6 Å². The minimum atomic E-state index is -1.91. The molecule has 0 aliphatic carbocycles. The molecule has 6 rings (SSSR count). The normalized spacial score (nSPS) is 17.8. The van der Waals surface area contributed by atoms with Crippen molar-refractivity contribution >= 4 is 34.8 Å². The van der Waals surface area contributed by atoms with Gasteiger partial charge < -0.3 is 34.1 Å². The topological polar surface area (TPSA) is 169 Å². The number of aliphatic carboxylic acids is 1. The first-order valence-electron chi connectivity index (χ1n) is 18.6. The number of unbranched alkanes of at least 4 members (excludes halogenated alkanes) is 7. The number of carboxylic acid groups (broad SMARTS) is 1. The molecule has 0 saturated carbocycles. The van der Waals surface area contributed by atoms with E-state index >= 15 is 0 Å². The number of hydrogen-bond donors (Lipinski definition) is 2. The van der Waals surface area contributed by atoms with Crippen LogP contribution in [-0.2, 0) is 44.3 Å². The van der Waals surface area contributed by atoms with Crippen LogP contribution in [0.25, 0.3) is 22.3 Å². The van der Waals surface area contributed by atoms with Gasteiger partial charge in [0.05, 0.1) is 29.0 Å². The van der Waals surface area contributed by atoms with Crippen molar-refractivity contribution in [2.45, 2.75) is 110 Å². The lowest BCUT2D eigenvalue weighted by atomic mass is 9.86. The number of amides is 2. The molecular formula is C39H48N4O9. The van der Waals surface area contributed by atoms with Crippen LogP contribution in [0.5, 0.6) is 5.75 Å². The highest BCUT2D eigenvalue weighted by Crippen LogP contribution is 2.40. The van der Waals surface area contributed by atoms with E-state index in [2.05, 4.69) is 0 Å². The molecule has 0 spiro atoms. The molecule has 1 atom stereocenters. The molecule has 0 bridgehead atoms. The second-order valence-corrected chi connectivity index (χ2v) is 14.0. The maximum absolute atomic E-state index is 13.6. The van der Waals surface area contributed by atoms with Crippen molar-refractivity contribution in [3.63, 3.8) is 0 Å². The van der Waals surface area contributed by atoms with Gasteiger partial charge in [0.25, 0.3) is 5.56 Å². The molecule has 2 aromatic heterocycles. The third-order valence-corrected chi connectivity index (χ3v) is 10.7. The summed E-state index contributed by atoms with van der Waals surface area (Å²) in [6.45, 7) is 5.31. The fourth-order valence-electron chi connectivity index (χ4n) is 7.54. The lowest BCUT2D eigenvalue weighted by Gasteiger charge is -2.34. The van der Waals surface area contributed by atoms with Gasteiger partial charge in [0.1, 0.15) is 12.4 Å². The van der Waals surface area contributed by atoms with Crippen molar-refractivity contribution in [2.75, 3.05) is 26.2 Å². The van der Waals surface area contributed by atoms with Crippen LogP contribution >= 0.6 is 0 Å². The van der Waals surface area contributed by atoms with E-state index in [1.807, 2.05) is 24.0 Å². The number of aromatic nitrogens is 2. The molecule has 1 aromatic carbocycles. The summed E-state index contributed by atoms with van der Waals surface area (Å²) in [5.74, 6) is -1.06. The average Bonchev–Trinajstić information content (AvgIpc) is 3.51. The molecule has 278 valence electrons. The first-order valence-corrected chi connectivity index (χ1v) is 18.6. The number of aryl methyl sites for hydroxylation is 1. The van der Waals surface area contributed by atoms with Gasteiger partial charge in [0.2, 0.25) is 5.91 Å². The number of ether oxygens (including phenoxy) is 2. The summed E-state index contributed by atoms with van der Waals surface area (Å²) >= 11 is 0. The van der Waals surface area contributed by atoms with E-state index in [0.29, 0.717) is 67.1 Å². The Balaban J connectivity index is 1.07. The number of carbonyl (C=O) groups excluding carboxylic acids is 3. The molecule has 0 unspecified atom stereocenters. The Hall–Kier alpha value is -4.78. The predicted octanol–water partition coefficient (Wildman–Crippen LogP) is 5.27. The standard InChI is InChI=1S/C39H48N4O9/c1-3-25-15-16-31(52-38(49)42-19-17-41(18-20-42)32(44)13-11-9-7-5-6-8-10-12-14-33(45)46)27-21-26-23-43-30(35(26)40-34(25)27)22-29-28(36(43)47)24-51-37(48)39(29,50)4-2/h15-16,21-22,50H,3-14,17-20,23-24H2,1-2H3,(H,45,46)/t39-/m0/s1. The van der Waals surface area contributed by atoms with Crippen LogP contribution in [0.15, 0.2) is 29.1 Å². The highest BCUT2D eigenvalue weighted by Gasteiger charge is 2.45. The van der Waals surface area contributed by atoms with Gasteiger partial charge in [0.15, 0.2) is 5.60 Å². The number of cyclic esters (lactones) is 1. The van der Waals surface area contributed by atoms with Gasteiger partial charge in [-0.1, -0.05) is 58.4 Å². The molecule has 52 heavy (non-hydrogen) atoms. The lowest BCUT2D eigenvalue weighted by Crippen LogP contribution is -2.51. The quantitative estimate of drug-likeness (QED) is 0.130. The third kappa shape index (κ3) is 7.41. The molecule has 13 heteroatoms. The third-order valence-electron chi connectivity index (χ3n) is 10.7.